The number of carbonyl (C=O) groups is 3. The van der Waals surface area contributed by atoms with Crippen molar-refractivity contribution in [2.75, 3.05) is 11.4 Å². The molecule has 166 valence electrons. The maximum atomic E-state index is 13.5. The number of imide groups is 1. The minimum Gasteiger partial charge on any atom is -0.330 e. The van der Waals surface area contributed by atoms with E-state index in [2.05, 4.69) is 28.7 Å². The average Bonchev–Trinajstić information content (AvgIpc) is 3.09. The molecule has 3 aliphatic rings. The molecule has 1 saturated heterocycles. The van der Waals surface area contributed by atoms with Gasteiger partial charge in [-0.05, 0) is 91.8 Å². The van der Waals surface area contributed by atoms with E-state index >= 15 is 0 Å². The first-order valence-electron chi connectivity index (χ1n) is 11.7. The molecule has 0 bridgehead atoms. The third kappa shape index (κ3) is 5.21. The number of nitrogens with zero attached hydrogens (tertiary/aromatic N) is 2. The van der Waals surface area contributed by atoms with Gasteiger partial charge in [0.15, 0.2) is 0 Å². The molecule has 1 atom stereocenters. The second-order valence-electron chi connectivity index (χ2n) is 8.99. The van der Waals surface area contributed by atoms with Gasteiger partial charge in [-0.2, -0.15) is 0 Å². The number of hydrogen-bond donors (Lipinski definition) is 0. The van der Waals surface area contributed by atoms with Gasteiger partial charge in [-0.15, -0.1) is 0 Å². The number of hydrogen-bond acceptors (Lipinski definition) is 3. The van der Waals surface area contributed by atoms with Crippen molar-refractivity contribution < 1.29 is 14.4 Å². The van der Waals surface area contributed by atoms with Crippen LogP contribution in [-0.4, -0.2) is 35.2 Å². The predicted octanol–water partition coefficient (Wildman–Crippen LogP) is 5.22. The number of benzene rings is 1. The maximum Gasteiger partial charge on any atom is 0.257 e. The van der Waals surface area contributed by atoms with Crippen molar-refractivity contribution >= 4 is 46.0 Å². The number of anilines is 1. The van der Waals surface area contributed by atoms with Crippen molar-refractivity contribution in [3.05, 3.63) is 39.5 Å². The van der Waals surface area contributed by atoms with E-state index in [9.17, 15) is 14.4 Å². The van der Waals surface area contributed by atoms with Crippen LogP contribution in [0.3, 0.4) is 0 Å². The summed E-state index contributed by atoms with van der Waals surface area (Å²) in [5.41, 5.74) is 1.98. The fraction of sp³-hybridized carbons (Fsp3) is 0.560. The summed E-state index contributed by atoms with van der Waals surface area (Å²) in [5, 5.41) is 0. The maximum absolute atomic E-state index is 13.5. The molecule has 0 spiro atoms. The summed E-state index contributed by atoms with van der Waals surface area (Å²) in [6, 6.07) is 6.72. The van der Waals surface area contributed by atoms with Crippen molar-refractivity contribution in [3.8, 4) is 0 Å². The van der Waals surface area contributed by atoms with Crippen molar-refractivity contribution in [3.63, 3.8) is 0 Å². The van der Waals surface area contributed by atoms with Crippen molar-refractivity contribution in [1.82, 2.24) is 4.90 Å². The highest BCUT2D eigenvalue weighted by Gasteiger charge is 2.45. The molecule has 2 fully saturated rings. The summed E-state index contributed by atoms with van der Waals surface area (Å²) in [4.78, 5) is 42.8. The Morgan fingerprint density at radius 1 is 1.03 bits per heavy atom. The lowest BCUT2D eigenvalue weighted by Gasteiger charge is -2.33. The molecule has 0 aromatic heterocycles. The van der Waals surface area contributed by atoms with Crippen LogP contribution >= 0.6 is 22.6 Å². The van der Waals surface area contributed by atoms with Crippen LogP contribution in [-0.2, 0) is 14.4 Å². The summed E-state index contributed by atoms with van der Waals surface area (Å²) in [5.74, 6) is -0.404. The van der Waals surface area contributed by atoms with Gasteiger partial charge in [-0.25, -0.2) is 4.90 Å². The van der Waals surface area contributed by atoms with Crippen LogP contribution in [0.2, 0.25) is 0 Å². The quantitative estimate of drug-likeness (QED) is 0.286. The van der Waals surface area contributed by atoms with E-state index in [1.807, 2.05) is 12.1 Å². The molecule has 0 radical (unpaired) electrons. The first kappa shape index (κ1) is 22.5. The number of amides is 3. The van der Waals surface area contributed by atoms with Crippen LogP contribution in [0, 0.1) is 9.49 Å². The standard InChI is InChI=1S/C25H31IN2O3/c26-20-11-13-21(14-12-20)28-23(29)17-22(25(28)31)27(16-15-18-7-3-1-4-8-18)24(30)19-9-5-2-6-10-19/h7,11-14,19,22H,1-6,8-10,15-17H2. The third-order valence-electron chi connectivity index (χ3n) is 6.88. The van der Waals surface area contributed by atoms with E-state index in [1.54, 1.807) is 17.0 Å². The molecule has 2 aliphatic carbocycles. The molecule has 1 aliphatic heterocycles. The van der Waals surface area contributed by atoms with Crippen LogP contribution in [0.1, 0.15) is 70.6 Å². The Bertz CT molecular complexity index is 858. The number of halogens is 1. The van der Waals surface area contributed by atoms with Gasteiger partial charge < -0.3 is 4.90 Å². The van der Waals surface area contributed by atoms with E-state index in [0.717, 1.165) is 48.5 Å². The monoisotopic (exact) mass is 534 g/mol. The van der Waals surface area contributed by atoms with Gasteiger partial charge in [0.05, 0.1) is 12.1 Å². The summed E-state index contributed by atoms with van der Waals surface area (Å²) in [6.07, 6.45) is 12.9. The molecule has 31 heavy (non-hydrogen) atoms. The van der Waals surface area contributed by atoms with Crippen molar-refractivity contribution in [1.29, 1.82) is 0 Å². The van der Waals surface area contributed by atoms with Crippen LogP contribution in [0.25, 0.3) is 0 Å². The molecule has 4 rings (SSSR count). The Labute approximate surface area is 198 Å². The molecule has 0 N–H and O–H groups in total. The Morgan fingerprint density at radius 3 is 2.45 bits per heavy atom. The highest BCUT2D eigenvalue weighted by Crippen LogP contribution is 2.31. The predicted molar refractivity (Wildman–Crippen MR) is 130 cm³/mol. The largest absolute Gasteiger partial charge is 0.330 e. The van der Waals surface area contributed by atoms with Gasteiger partial charge in [0.25, 0.3) is 5.91 Å². The summed E-state index contributed by atoms with van der Waals surface area (Å²) in [7, 11) is 0. The fourth-order valence-electron chi connectivity index (χ4n) is 5.12. The molecule has 1 heterocycles. The van der Waals surface area contributed by atoms with Gasteiger partial charge in [-0.3, -0.25) is 14.4 Å². The van der Waals surface area contributed by atoms with Crippen LogP contribution in [0.5, 0.6) is 0 Å². The molecule has 3 amide bonds. The number of carbonyl (C=O) groups excluding carboxylic acids is 3. The van der Waals surface area contributed by atoms with Gasteiger partial charge in [-0.1, -0.05) is 30.9 Å². The Balaban J connectivity index is 1.55. The first-order valence-corrected chi connectivity index (χ1v) is 12.7. The Hall–Kier alpha value is -1.70. The lowest BCUT2D eigenvalue weighted by atomic mass is 9.87. The van der Waals surface area contributed by atoms with Gasteiger partial charge in [0, 0.05) is 16.0 Å². The average molecular weight is 534 g/mol. The van der Waals surface area contributed by atoms with Crippen LogP contribution in [0.15, 0.2) is 35.9 Å². The van der Waals surface area contributed by atoms with Gasteiger partial charge in [0.2, 0.25) is 11.8 Å². The zero-order valence-corrected chi connectivity index (χ0v) is 20.2. The first-order chi connectivity index (χ1) is 15.0. The lowest BCUT2D eigenvalue weighted by molar-refractivity contribution is -0.142. The van der Waals surface area contributed by atoms with Gasteiger partial charge in [0.1, 0.15) is 6.04 Å². The van der Waals surface area contributed by atoms with Crippen molar-refractivity contribution in [2.24, 2.45) is 5.92 Å². The van der Waals surface area contributed by atoms with E-state index < -0.39 is 6.04 Å². The van der Waals surface area contributed by atoms with Crippen LogP contribution in [0.4, 0.5) is 5.69 Å². The topological polar surface area (TPSA) is 57.7 Å². The number of rotatable bonds is 6. The summed E-state index contributed by atoms with van der Waals surface area (Å²) >= 11 is 2.20. The molecule has 1 saturated carbocycles. The smallest absolute Gasteiger partial charge is 0.257 e. The zero-order chi connectivity index (χ0) is 21.8. The lowest BCUT2D eigenvalue weighted by Crippen LogP contribution is -2.48. The van der Waals surface area contributed by atoms with E-state index in [0.29, 0.717) is 12.2 Å². The Morgan fingerprint density at radius 2 is 1.77 bits per heavy atom. The molecule has 1 aromatic rings. The SMILES string of the molecule is O=C1CC(N(CCC2=CCCCC2)C(=O)C2CCCCC2)C(=O)N1c1ccc(I)cc1. The second kappa shape index (κ2) is 10.3. The zero-order valence-electron chi connectivity index (χ0n) is 18.0. The van der Waals surface area contributed by atoms with Crippen LogP contribution < -0.4 is 4.90 Å². The second-order valence-corrected chi connectivity index (χ2v) is 10.2. The fourth-order valence-corrected chi connectivity index (χ4v) is 5.48. The summed E-state index contributed by atoms with van der Waals surface area (Å²) in [6.45, 7) is 0.533. The van der Waals surface area contributed by atoms with Crippen molar-refractivity contribution in [2.45, 2.75) is 76.7 Å². The molecule has 5 nitrogen and oxygen atoms in total. The molecule has 6 heteroatoms. The highest BCUT2D eigenvalue weighted by atomic mass is 127. The van der Waals surface area contributed by atoms with E-state index in [-0.39, 0.29) is 30.1 Å². The third-order valence-corrected chi connectivity index (χ3v) is 7.60. The number of allylic oxidation sites excluding steroid dienone is 1. The normalized spacial score (nSPS) is 22.5. The minimum absolute atomic E-state index is 0.00987. The van der Waals surface area contributed by atoms with E-state index in [1.165, 1.54) is 29.7 Å². The molecular formula is C25H31IN2O3. The molecular weight excluding hydrogens is 503 g/mol. The van der Waals surface area contributed by atoms with E-state index in [4.69, 9.17) is 0 Å². The summed E-state index contributed by atoms with van der Waals surface area (Å²) < 4.78 is 1.05. The molecule has 1 unspecified atom stereocenters. The molecule has 1 aromatic carbocycles. The highest BCUT2D eigenvalue weighted by molar-refractivity contribution is 14.1. The Kier molecular flexibility index (Phi) is 7.46. The van der Waals surface area contributed by atoms with Gasteiger partial charge >= 0.3 is 0 Å². The minimum atomic E-state index is -0.676.